The van der Waals surface area contributed by atoms with Crippen LogP contribution in [0.4, 0.5) is 14.6 Å². The molecule has 37 heavy (non-hydrogen) atoms. The van der Waals surface area contributed by atoms with E-state index in [1.807, 2.05) is 18.2 Å². The van der Waals surface area contributed by atoms with E-state index in [2.05, 4.69) is 40.4 Å². The van der Waals surface area contributed by atoms with Gasteiger partial charge in [-0.1, -0.05) is 12.1 Å². The lowest BCUT2D eigenvalue weighted by Gasteiger charge is -2.36. The van der Waals surface area contributed by atoms with Crippen molar-refractivity contribution in [2.45, 2.75) is 31.5 Å². The Labute approximate surface area is 212 Å². The fourth-order valence-electron chi connectivity index (χ4n) is 4.72. The summed E-state index contributed by atoms with van der Waals surface area (Å²) in [5.74, 6) is -0.0723. The van der Waals surface area contributed by atoms with Crippen LogP contribution in [-0.2, 0) is 18.6 Å². The minimum atomic E-state index is -1.84. The first-order valence-electron chi connectivity index (χ1n) is 12.1. The molecule has 5 rings (SSSR count). The third kappa shape index (κ3) is 5.32. The maximum absolute atomic E-state index is 14.9. The zero-order chi connectivity index (χ0) is 25.8. The van der Waals surface area contributed by atoms with Crippen molar-refractivity contribution in [3.05, 3.63) is 78.3 Å². The number of pyridine rings is 1. The summed E-state index contributed by atoms with van der Waals surface area (Å²) >= 11 is 0. The second kappa shape index (κ2) is 10.6. The van der Waals surface area contributed by atoms with Crippen LogP contribution in [0.15, 0.2) is 55.2 Å². The SMILES string of the molecule is CC(n1nnnc1CCN1CCN(c2ccccn2)CC1)C(O)(Cn1cncn1)c1ccc(F)cc1F. The highest BCUT2D eigenvalue weighted by atomic mass is 19.1. The van der Waals surface area contributed by atoms with Gasteiger partial charge in [0.1, 0.15) is 35.7 Å². The lowest BCUT2D eigenvalue weighted by Crippen LogP contribution is -2.47. The Morgan fingerprint density at radius 1 is 1.11 bits per heavy atom. The third-order valence-electron chi connectivity index (χ3n) is 6.88. The summed E-state index contributed by atoms with van der Waals surface area (Å²) in [7, 11) is 0. The molecule has 1 aliphatic heterocycles. The second-order valence-electron chi connectivity index (χ2n) is 9.12. The molecule has 0 bridgehead atoms. The smallest absolute Gasteiger partial charge is 0.153 e. The Morgan fingerprint density at radius 3 is 2.65 bits per heavy atom. The van der Waals surface area contributed by atoms with E-state index in [-0.39, 0.29) is 12.1 Å². The zero-order valence-corrected chi connectivity index (χ0v) is 20.4. The minimum Gasteiger partial charge on any atom is -0.381 e. The van der Waals surface area contributed by atoms with Gasteiger partial charge in [0.15, 0.2) is 5.82 Å². The molecule has 4 heterocycles. The molecule has 11 nitrogen and oxygen atoms in total. The molecule has 0 spiro atoms. The number of piperazine rings is 1. The van der Waals surface area contributed by atoms with E-state index < -0.39 is 23.3 Å². The van der Waals surface area contributed by atoms with E-state index in [1.54, 1.807) is 13.1 Å². The van der Waals surface area contributed by atoms with Gasteiger partial charge in [0.25, 0.3) is 0 Å². The molecule has 1 aromatic carbocycles. The first-order valence-corrected chi connectivity index (χ1v) is 12.1. The van der Waals surface area contributed by atoms with E-state index in [1.165, 1.54) is 28.1 Å². The van der Waals surface area contributed by atoms with Crippen molar-refractivity contribution in [3.8, 4) is 0 Å². The van der Waals surface area contributed by atoms with Crippen LogP contribution in [0.3, 0.4) is 0 Å². The van der Waals surface area contributed by atoms with E-state index in [4.69, 9.17) is 0 Å². The van der Waals surface area contributed by atoms with E-state index >= 15 is 0 Å². The zero-order valence-electron chi connectivity index (χ0n) is 20.4. The van der Waals surface area contributed by atoms with Crippen molar-refractivity contribution in [1.82, 2.24) is 44.9 Å². The third-order valence-corrected chi connectivity index (χ3v) is 6.88. The lowest BCUT2D eigenvalue weighted by atomic mass is 9.86. The van der Waals surface area contributed by atoms with Gasteiger partial charge in [0.2, 0.25) is 0 Å². The van der Waals surface area contributed by atoms with E-state index in [0.29, 0.717) is 12.2 Å². The number of nitrogens with zero attached hydrogens (tertiary/aromatic N) is 10. The molecule has 0 amide bonds. The van der Waals surface area contributed by atoms with Crippen LogP contribution in [0.2, 0.25) is 0 Å². The molecule has 3 aromatic heterocycles. The number of aromatic nitrogens is 8. The molecule has 4 aromatic rings. The number of rotatable bonds is 9. The lowest BCUT2D eigenvalue weighted by molar-refractivity contribution is -0.0384. The number of benzene rings is 1. The van der Waals surface area contributed by atoms with Crippen LogP contribution in [0, 0.1) is 11.6 Å². The molecule has 1 aliphatic rings. The van der Waals surface area contributed by atoms with Crippen LogP contribution in [0.25, 0.3) is 0 Å². The van der Waals surface area contributed by atoms with Gasteiger partial charge in [-0.3, -0.25) is 4.90 Å². The molecular formula is C24H28F2N10O. The normalized spacial score (nSPS) is 17.0. The number of hydrogen-bond acceptors (Lipinski definition) is 9. The largest absolute Gasteiger partial charge is 0.381 e. The van der Waals surface area contributed by atoms with Crippen LogP contribution >= 0.6 is 0 Å². The van der Waals surface area contributed by atoms with Gasteiger partial charge in [-0.05, 0) is 35.5 Å². The number of anilines is 1. The summed E-state index contributed by atoms with van der Waals surface area (Å²) in [6, 6.07) is 8.20. The van der Waals surface area contributed by atoms with Crippen LogP contribution in [0.1, 0.15) is 24.4 Å². The van der Waals surface area contributed by atoms with Crippen molar-refractivity contribution in [3.63, 3.8) is 0 Å². The molecule has 1 N–H and O–H groups in total. The number of aliphatic hydroxyl groups is 1. The van der Waals surface area contributed by atoms with Crippen molar-refractivity contribution >= 4 is 5.82 Å². The highest BCUT2D eigenvalue weighted by molar-refractivity contribution is 5.38. The molecule has 1 fully saturated rings. The number of halogens is 2. The van der Waals surface area contributed by atoms with Gasteiger partial charge in [0.05, 0.1) is 12.6 Å². The van der Waals surface area contributed by atoms with Gasteiger partial charge in [-0.25, -0.2) is 28.1 Å². The summed E-state index contributed by atoms with van der Waals surface area (Å²) < 4.78 is 31.4. The van der Waals surface area contributed by atoms with E-state index in [9.17, 15) is 13.9 Å². The van der Waals surface area contributed by atoms with Crippen LogP contribution < -0.4 is 4.90 Å². The van der Waals surface area contributed by atoms with Crippen molar-refractivity contribution < 1.29 is 13.9 Å². The average molecular weight is 511 g/mol. The Morgan fingerprint density at radius 2 is 1.95 bits per heavy atom. The Kier molecular flexibility index (Phi) is 7.15. The standard InChI is InChI=1S/C24H28F2N10O/c1-18(24(37,15-35-17-27-16-29-35)20-6-5-19(25)14-21(20)26)36-23(30-31-32-36)7-9-33-10-12-34(13-11-33)22-4-2-3-8-28-22/h2-6,8,14,16-18,37H,7,9-13,15H2,1H3. The topological polar surface area (TPSA) is 114 Å². The van der Waals surface area contributed by atoms with Crippen LogP contribution in [0.5, 0.6) is 0 Å². The number of hydrogen-bond donors (Lipinski definition) is 1. The fraction of sp³-hybridized carbons (Fsp3) is 0.417. The summed E-state index contributed by atoms with van der Waals surface area (Å²) in [5.41, 5.74) is -1.92. The Bertz CT molecular complexity index is 1290. The maximum atomic E-state index is 14.9. The Balaban J connectivity index is 1.31. The quantitative estimate of drug-likeness (QED) is 0.357. The second-order valence-corrected chi connectivity index (χ2v) is 9.12. The molecule has 2 atom stereocenters. The molecule has 0 radical (unpaired) electrons. The first kappa shape index (κ1) is 24.8. The molecule has 0 aliphatic carbocycles. The summed E-state index contributed by atoms with van der Waals surface area (Å²) in [4.78, 5) is 12.9. The highest BCUT2D eigenvalue weighted by Gasteiger charge is 2.42. The van der Waals surface area contributed by atoms with E-state index in [0.717, 1.165) is 50.7 Å². The monoisotopic (exact) mass is 510 g/mol. The van der Waals surface area contributed by atoms with Gasteiger partial charge >= 0.3 is 0 Å². The summed E-state index contributed by atoms with van der Waals surface area (Å²) in [6.07, 6.45) is 5.07. The fourth-order valence-corrected chi connectivity index (χ4v) is 4.72. The van der Waals surface area contributed by atoms with Gasteiger partial charge in [-0.2, -0.15) is 5.10 Å². The molecule has 1 saturated heterocycles. The predicted molar refractivity (Wildman–Crippen MR) is 129 cm³/mol. The Hall–Kier alpha value is -3.84. The molecule has 2 unspecified atom stereocenters. The average Bonchev–Trinajstić information content (AvgIpc) is 3.60. The summed E-state index contributed by atoms with van der Waals surface area (Å²) in [6.45, 7) is 5.74. The highest BCUT2D eigenvalue weighted by Crippen LogP contribution is 2.36. The maximum Gasteiger partial charge on any atom is 0.153 e. The molecule has 194 valence electrons. The molecule has 13 heteroatoms. The van der Waals surface area contributed by atoms with Crippen LogP contribution in [-0.4, -0.2) is 82.7 Å². The van der Waals surface area contributed by atoms with Gasteiger partial charge in [-0.15, -0.1) is 5.10 Å². The summed E-state index contributed by atoms with van der Waals surface area (Å²) in [5, 5.41) is 28.0. The van der Waals surface area contributed by atoms with Crippen molar-refractivity contribution in [1.29, 1.82) is 0 Å². The van der Waals surface area contributed by atoms with Crippen molar-refractivity contribution in [2.24, 2.45) is 0 Å². The first-order chi connectivity index (χ1) is 17.9. The van der Waals surface area contributed by atoms with Crippen molar-refractivity contribution in [2.75, 3.05) is 37.6 Å². The van der Waals surface area contributed by atoms with Gasteiger partial charge in [0, 0.05) is 57.0 Å². The molecule has 0 saturated carbocycles. The minimum absolute atomic E-state index is 0.0796. The number of tetrazole rings is 1. The predicted octanol–water partition coefficient (Wildman–Crippen LogP) is 1.45. The molecular weight excluding hydrogens is 482 g/mol. The van der Waals surface area contributed by atoms with Gasteiger partial charge < -0.3 is 10.0 Å².